The molecule has 1 aliphatic carbocycles. The predicted octanol–water partition coefficient (Wildman–Crippen LogP) is 8.68. The molecule has 0 N–H and O–H groups in total. The second kappa shape index (κ2) is 19.7. The lowest BCUT2D eigenvalue weighted by atomic mass is 9.86. The fraction of sp³-hybridized carbons (Fsp3) is 0.538. The molecule has 0 radical (unpaired) electrons. The van der Waals surface area contributed by atoms with Crippen LogP contribution in [0.1, 0.15) is 102 Å². The number of nitriles is 4. The van der Waals surface area contributed by atoms with E-state index in [1.165, 1.54) is 98.0 Å². The second-order valence-corrected chi connectivity index (χ2v) is 15.9. The maximum absolute atomic E-state index is 9.50. The summed E-state index contributed by atoms with van der Waals surface area (Å²) in [7, 11) is 0. The molecule has 0 saturated carbocycles. The zero-order valence-corrected chi connectivity index (χ0v) is 30.8. The lowest BCUT2D eigenvalue weighted by molar-refractivity contribution is -0.0193. The zero-order chi connectivity index (χ0) is 34.2. The van der Waals surface area contributed by atoms with Crippen LogP contribution < -0.4 is 9.06 Å². The van der Waals surface area contributed by atoms with Crippen molar-refractivity contribution in [2.45, 2.75) is 104 Å². The Kier molecular flexibility index (Phi) is 15.4. The first-order valence-corrected chi connectivity index (χ1v) is 19.8. The average molecular weight is 699 g/mol. The summed E-state index contributed by atoms with van der Waals surface area (Å²) in [5.74, 6) is 0. The fourth-order valence-electron chi connectivity index (χ4n) is 6.33. The Hall–Kier alpha value is -3.28. The van der Waals surface area contributed by atoms with Gasteiger partial charge in [-0.25, -0.2) is 0 Å². The summed E-state index contributed by atoms with van der Waals surface area (Å²) in [6.07, 6.45) is 16.4. The molecule has 252 valence electrons. The summed E-state index contributed by atoms with van der Waals surface area (Å²) in [6.45, 7) is 7.25. The maximum atomic E-state index is 9.50. The summed E-state index contributed by atoms with van der Waals surface area (Å²) < 4.78 is 18.6. The number of ether oxygens (including phenoxy) is 2. The zero-order valence-electron chi connectivity index (χ0n) is 28.4. The minimum absolute atomic E-state index is 0.124. The Labute approximate surface area is 296 Å². The summed E-state index contributed by atoms with van der Waals surface area (Å²) >= 11 is 4.68. The van der Waals surface area contributed by atoms with E-state index in [4.69, 9.17) is 9.47 Å². The van der Waals surface area contributed by atoms with Crippen molar-refractivity contribution in [1.82, 2.24) is 0 Å². The van der Waals surface area contributed by atoms with E-state index in [2.05, 4.69) is 13.8 Å². The molecule has 0 atom stereocenters. The minimum Gasteiger partial charge on any atom is -0.381 e. The summed E-state index contributed by atoms with van der Waals surface area (Å²) in [4.78, 5) is 0. The Bertz CT molecular complexity index is 1820. The molecule has 4 rings (SSSR count). The Balaban J connectivity index is 1.72. The summed E-state index contributed by atoms with van der Waals surface area (Å²) in [6, 6.07) is 15.9. The highest BCUT2D eigenvalue weighted by atomic mass is 32.1. The van der Waals surface area contributed by atoms with E-state index < -0.39 is 0 Å². The highest BCUT2D eigenvalue weighted by Gasteiger charge is 2.40. The summed E-state index contributed by atoms with van der Waals surface area (Å²) in [5, 5.41) is 38.0. The number of nitrogens with zero attached hydrogens (tertiary/aromatic N) is 4. The third-order valence-electron chi connectivity index (χ3n) is 8.92. The van der Waals surface area contributed by atoms with Crippen molar-refractivity contribution in [2.75, 3.05) is 26.4 Å². The van der Waals surface area contributed by atoms with Gasteiger partial charge in [-0.3, -0.25) is 0 Å². The number of rotatable bonds is 18. The first-order chi connectivity index (χ1) is 23.5. The molecule has 3 aromatic heterocycles. The lowest BCUT2D eigenvalue weighted by Gasteiger charge is -2.29. The monoisotopic (exact) mass is 698 g/mol. The topological polar surface area (TPSA) is 114 Å². The predicted molar refractivity (Wildman–Crippen MR) is 195 cm³/mol. The summed E-state index contributed by atoms with van der Waals surface area (Å²) in [5.41, 5.74) is 2.62. The van der Waals surface area contributed by atoms with Gasteiger partial charge in [0.25, 0.3) is 0 Å². The third kappa shape index (κ3) is 9.89. The molecule has 6 nitrogen and oxygen atoms in total. The highest BCUT2D eigenvalue weighted by Crippen LogP contribution is 2.42. The van der Waals surface area contributed by atoms with Crippen LogP contribution in [-0.4, -0.2) is 26.4 Å². The van der Waals surface area contributed by atoms with Crippen LogP contribution in [0.25, 0.3) is 11.1 Å². The van der Waals surface area contributed by atoms with Crippen molar-refractivity contribution < 1.29 is 9.47 Å². The van der Waals surface area contributed by atoms with Crippen molar-refractivity contribution in [1.29, 1.82) is 21.0 Å². The van der Waals surface area contributed by atoms with Crippen LogP contribution in [0.5, 0.6) is 0 Å². The van der Waals surface area contributed by atoms with Gasteiger partial charge < -0.3 is 9.47 Å². The molecule has 0 aliphatic heterocycles. The number of hydrogen-bond acceptors (Lipinski definition) is 9. The van der Waals surface area contributed by atoms with E-state index in [1.807, 2.05) is 48.5 Å². The van der Waals surface area contributed by atoms with Crippen LogP contribution in [0.3, 0.4) is 0 Å². The van der Waals surface area contributed by atoms with Crippen LogP contribution in [0.15, 0.2) is 24.3 Å². The number of thiophene rings is 3. The van der Waals surface area contributed by atoms with E-state index in [0.717, 1.165) is 57.0 Å². The van der Waals surface area contributed by atoms with Crippen molar-refractivity contribution >= 4 is 45.2 Å². The Morgan fingerprint density at radius 1 is 0.583 bits per heavy atom. The smallest absolute Gasteiger partial charge is 0.146 e. The number of unbranched alkanes of at least 4 members (excludes halogenated alkanes) is 10. The van der Waals surface area contributed by atoms with E-state index >= 15 is 0 Å². The highest BCUT2D eigenvalue weighted by molar-refractivity contribution is 7.13. The second-order valence-electron chi connectivity index (χ2n) is 12.7. The molecule has 0 amide bonds. The minimum atomic E-state index is -0.195. The van der Waals surface area contributed by atoms with Gasteiger partial charge in [-0.1, -0.05) is 78.1 Å². The van der Waals surface area contributed by atoms with Gasteiger partial charge in [0.05, 0.1) is 22.3 Å². The first-order valence-electron chi connectivity index (χ1n) is 17.4. The normalized spacial score (nSPS) is 14.5. The molecule has 48 heavy (non-hydrogen) atoms. The van der Waals surface area contributed by atoms with Gasteiger partial charge in [0.15, 0.2) is 0 Å². The molecular formula is C39H46N4O2S3. The molecule has 0 saturated heterocycles. The van der Waals surface area contributed by atoms with Crippen LogP contribution in [0.4, 0.5) is 0 Å². The number of fused-ring (bicyclic) bond motifs is 1. The fourth-order valence-corrected chi connectivity index (χ4v) is 9.85. The quantitative estimate of drug-likeness (QED) is 0.123. The molecule has 0 aromatic carbocycles. The molecule has 3 heterocycles. The standard InChI is InChI=1S/C39H46N4O2S3/c1-3-5-7-9-11-13-19-44-27-39(28-45-20-14-12-10-8-6-4-2)21-31-32(22-39)38(36-18-16-34(47-36)30(25-42)26-43)48-37(31)35-17-15-33(46-35)29(23-40)24-41/h15-18H,3-14,19-22,27-28H2,1-2H3/b37-35-,38-36+. The van der Waals surface area contributed by atoms with Crippen LogP contribution in [-0.2, 0) is 22.3 Å². The molecule has 0 fully saturated rings. The molecule has 1 aliphatic rings. The Morgan fingerprint density at radius 2 is 0.979 bits per heavy atom. The van der Waals surface area contributed by atoms with Gasteiger partial charge in [-0.15, -0.1) is 34.0 Å². The average Bonchev–Trinajstić information content (AvgIpc) is 3.90. The molecular weight excluding hydrogens is 653 g/mol. The van der Waals surface area contributed by atoms with E-state index in [1.54, 1.807) is 11.3 Å². The van der Waals surface area contributed by atoms with E-state index in [0.29, 0.717) is 22.3 Å². The molecule has 0 bridgehead atoms. The van der Waals surface area contributed by atoms with Gasteiger partial charge in [-0.05, 0) is 61.1 Å². The third-order valence-corrected chi connectivity index (χ3v) is 12.8. The SMILES string of the molecule is CCCCCCCCOCC1(COCCCCCCCC)Cc2c(/c(=c3/ccc(=C(C#N)C#N)s3)s/c2=c2/ccc(=C(C#N)C#N)s2)C1. The molecule has 3 aromatic rings. The molecule has 9 heteroatoms. The van der Waals surface area contributed by atoms with Gasteiger partial charge in [0.2, 0.25) is 0 Å². The largest absolute Gasteiger partial charge is 0.381 e. The van der Waals surface area contributed by atoms with Gasteiger partial charge in [-0.2, -0.15) is 21.0 Å². The molecule has 0 unspecified atom stereocenters. The van der Waals surface area contributed by atoms with Gasteiger partial charge in [0, 0.05) is 36.8 Å². The van der Waals surface area contributed by atoms with Crippen molar-refractivity contribution in [3.63, 3.8) is 0 Å². The number of hydrogen-bond donors (Lipinski definition) is 0. The van der Waals surface area contributed by atoms with Crippen LogP contribution in [0.2, 0.25) is 0 Å². The van der Waals surface area contributed by atoms with E-state index in [9.17, 15) is 21.0 Å². The van der Waals surface area contributed by atoms with Crippen molar-refractivity contribution in [3.8, 4) is 24.3 Å². The Morgan fingerprint density at radius 3 is 1.38 bits per heavy atom. The first kappa shape index (κ1) is 37.5. The van der Waals surface area contributed by atoms with Gasteiger partial charge in [0.1, 0.15) is 35.4 Å². The van der Waals surface area contributed by atoms with Crippen LogP contribution >= 0.6 is 34.0 Å². The maximum Gasteiger partial charge on any atom is 0.146 e. The molecule has 0 spiro atoms. The van der Waals surface area contributed by atoms with Crippen LogP contribution in [0, 0.1) is 68.9 Å². The van der Waals surface area contributed by atoms with Crippen molar-refractivity contribution in [3.05, 3.63) is 62.6 Å². The van der Waals surface area contributed by atoms with Crippen molar-refractivity contribution in [2.24, 2.45) is 5.41 Å². The van der Waals surface area contributed by atoms with Gasteiger partial charge >= 0.3 is 0 Å². The lowest BCUT2D eigenvalue weighted by Crippen LogP contribution is -2.34. The van der Waals surface area contributed by atoms with E-state index in [-0.39, 0.29) is 16.6 Å².